The molecule has 106 valence electrons. The summed E-state index contributed by atoms with van der Waals surface area (Å²) < 4.78 is 0. The zero-order valence-corrected chi connectivity index (χ0v) is 12.7. The van der Waals surface area contributed by atoms with E-state index in [1.165, 1.54) is 11.1 Å². The molecule has 0 bridgehead atoms. The van der Waals surface area contributed by atoms with Crippen LogP contribution in [0.15, 0.2) is 36.5 Å². The molecular formula is C17H23N3. The Morgan fingerprint density at radius 3 is 2.35 bits per heavy atom. The van der Waals surface area contributed by atoms with Crippen LogP contribution in [-0.4, -0.2) is 17.0 Å². The van der Waals surface area contributed by atoms with E-state index in [0.717, 1.165) is 17.9 Å². The molecule has 1 N–H and O–H groups in total. The van der Waals surface area contributed by atoms with Crippen LogP contribution in [0, 0.1) is 6.92 Å². The predicted octanol–water partition coefficient (Wildman–Crippen LogP) is 3.41. The van der Waals surface area contributed by atoms with Crippen molar-refractivity contribution in [1.29, 1.82) is 0 Å². The lowest BCUT2D eigenvalue weighted by atomic mass is 9.98. The summed E-state index contributed by atoms with van der Waals surface area (Å²) in [6.07, 6.45) is 2.76. The molecule has 0 aliphatic rings. The van der Waals surface area contributed by atoms with Crippen molar-refractivity contribution in [2.75, 3.05) is 7.05 Å². The second-order valence-corrected chi connectivity index (χ2v) is 5.47. The van der Waals surface area contributed by atoms with Crippen molar-refractivity contribution in [2.45, 2.75) is 39.2 Å². The first-order valence-electron chi connectivity index (χ1n) is 7.15. The van der Waals surface area contributed by atoms with Crippen molar-refractivity contribution in [1.82, 2.24) is 15.3 Å². The number of benzene rings is 1. The first kappa shape index (κ1) is 14.7. The van der Waals surface area contributed by atoms with Gasteiger partial charge in [-0.25, -0.2) is 9.97 Å². The predicted molar refractivity (Wildman–Crippen MR) is 82.8 cm³/mol. The molecule has 0 spiro atoms. The zero-order chi connectivity index (χ0) is 14.5. The zero-order valence-electron chi connectivity index (χ0n) is 12.7. The van der Waals surface area contributed by atoms with Crippen LogP contribution in [0.4, 0.5) is 0 Å². The largest absolute Gasteiger partial charge is 0.311 e. The fraction of sp³-hybridized carbons (Fsp3) is 0.412. The van der Waals surface area contributed by atoms with Crippen LogP contribution in [0.1, 0.15) is 48.5 Å². The molecule has 0 saturated carbocycles. The highest BCUT2D eigenvalue weighted by atomic mass is 14.9. The molecule has 20 heavy (non-hydrogen) atoms. The van der Waals surface area contributed by atoms with Gasteiger partial charge in [0.15, 0.2) is 0 Å². The van der Waals surface area contributed by atoms with E-state index in [1.807, 2.05) is 26.2 Å². The number of hydrogen-bond donors (Lipinski definition) is 1. The van der Waals surface area contributed by atoms with E-state index in [0.29, 0.717) is 5.92 Å². The van der Waals surface area contributed by atoms with Gasteiger partial charge in [0, 0.05) is 6.20 Å². The van der Waals surface area contributed by atoms with Crippen molar-refractivity contribution in [3.8, 4) is 0 Å². The standard InChI is InChI=1S/C17H23N3/c1-12(2)15-7-5-14(6-8-15)11-17(18-4)16-9-10-19-13(3)20-16/h5-10,12,17-18H,11H2,1-4H3. The molecule has 1 unspecified atom stereocenters. The second kappa shape index (κ2) is 6.62. The molecule has 0 radical (unpaired) electrons. The third-order valence-electron chi connectivity index (χ3n) is 3.59. The molecule has 3 nitrogen and oxygen atoms in total. The van der Waals surface area contributed by atoms with Crippen LogP contribution in [0.3, 0.4) is 0 Å². The molecule has 1 aromatic heterocycles. The van der Waals surface area contributed by atoms with Crippen molar-refractivity contribution in [3.63, 3.8) is 0 Å². The molecule has 3 heteroatoms. The Bertz CT molecular complexity index is 546. The molecule has 1 aromatic carbocycles. The van der Waals surface area contributed by atoms with E-state index in [1.54, 1.807) is 0 Å². The highest BCUT2D eigenvalue weighted by molar-refractivity contribution is 5.26. The first-order valence-corrected chi connectivity index (χ1v) is 7.15. The van der Waals surface area contributed by atoms with Crippen LogP contribution in [-0.2, 0) is 6.42 Å². The number of nitrogens with zero attached hydrogens (tertiary/aromatic N) is 2. The van der Waals surface area contributed by atoms with Gasteiger partial charge in [-0.1, -0.05) is 38.1 Å². The minimum atomic E-state index is 0.224. The molecule has 0 aliphatic heterocycles. The van der Waals surface area contributed by atoms with E-state index in [2.05, 4.69) is 53.4 Å². The number of aromatic nitrogens is 2. The highest BCUT2D eigenvalue weighted by Crippen LogP contribution is 2.19. The molecule has 0 fully saturated rings. The van der Waals surface area contributed by atoms with E-state index in [-0.39, 0.29) is 6.04 Å². The average Bonchev–Trinajstić information content (AvgIpc) is 2.45. The summed E-state index contributed by atoms with van der Waals surface area (Å²) >= 11 is 0. The van der Waals surface area contributed by atoms with Gasteiger partial charge in [0.2, 0.25) is 0 Å². The summed E-state index contributed by atoms with van der Waals surface area (Å²) in [4.78, 5) is 8.67. The molecule has 0 aliphatic carbocycles. The van der Waals surface area contributed by atoms with E-state index < -0.39 is 0 Å². The molecule has 2 aromatic rings. The lowest BCUT2D eigenvalue weighted by Crippen LogP contribution is -2.20. The normalized spacial score (nSPS) is 12.7. The van der Waals surface area contributed by atoms with Crippen LogP contribution < -0.4 is 5.32 Å². The SMILES string of the molecule is CNC(Cc1ccc(C(C)C)cc1)c1ccnc(C)n1. The number of hydrogen-bond acceptors (Lipinski definition) is 3. The maximum Gasteiger partial charge on any atom is 0.125 e. The van der Waals surface area contributed by atoms with Crippen molar-refractivity contribution in [3.05, 3.63) is 59.2 Å². The van der Waals surface area contributed by atoms with E-state index in [9.17, 15) is 0 Å². The third kappa shape index (κ3) is 3.64. The van der Waals surface area contributed by atoms with Gasteiger partial charge in [-0.3, -0.25) is 0 Å². The Labute approximate surface area is 121 Å². The lowest BCUT2D eigenvalue weighted by Gasteiger charge is -2.16. The molecule has 1 atom stereocenters. The Hall–Kier alpha value is -1.74. The maximum absolute atomic E-state index is 4.51. The summed E-state index contributed by atoms with van der Waals surface area (Å²) in [5, 5.41) is 3.34. The number of aryl methyl sites for hydroxylation is 1. The summed E-state index contributed by atoms with van der Waals surface area (Å²) in [6, 6.07) is 11.1. The van der Waals surface area contributed by atoms with Crippen LogP contribution in [0.5, 0.6) is 0 Å². The number of likely N-dealkylation sites (N-methyl/N-ethyl adjacent to an activating group) is 1. The van der Waals surface area contributed by atoms with Gasteiger partial charge in [0.25, 0.3) is 0 Å². The van der Waals surface area contributed by atoms with E-state index in [4.69, 9.17) is 0 Å². The number of nitrogens with one attached hydrogen (secondary N) is 1. The molecular weight excluding hydrogens is 246 g/mol. The maximum atomic E-state index is 4.51. The summed E-state index contributed by atoms with van der Waals surface area (Å²) in [7, 11) is 1.98. The van der Waals surface area contributed by atoms with Gasteiger partial charge >= 0.3 is 0 Å². The van der Waals surface area contributed by atoms with Gasteiger partial charge in [0.05, 0.1) is 11.7 Å². The molecule has 0 amide bonds. The Kier molecular flexibility index (Phi) is 4.85. The van der Waals surface area contributed by atoms with Gasteiger partial charge < -0.3 is 5.32 Å². The fourth-order valence-electron chi connectivity index (χ4n) is 2.30. The lowest BCUT2D eigenvalue weighted by molar-refractivity contribution is 0.572. The van der Waals surface area contributed by atoms with Gasteiger partial charge in [-0.2, -0.15) is 0 Å². The second-order valence-electron chi connectivity index (χ2n) is 5.47. The van der Waals surface area contributed by atoms with Crippen LogP contribution in [0.2, 0.25) is 0 Å². The van der Waals surface area contributed by atoms with Gasteiger partial charge in [-0.05, 0) is 43.5 Å². The topological polar surface area (TPSA) is 37.8 Å². The average molecular weight is 269 g/mol. The molecule has 0 saturated heterocycles. The molecule has 1 heterocycles. The third-order valence-corrected chi connectivity index (χ3v) is 3.59. The van der Waals surface area contributed by atoms with Gasteiger partial charge in [-0.15, -0.1) is 0 Å². The fourth-order valence-corrected chi connectivity index (χ4v) is 2.30. The smallest absolute Gasteiger partial charge is 0.125 e. The van der Waals surface area contributed by atoms with Crippen molar-refractivity contribution >= 4 is 0 Å². The minimum absolute atomic E-state index is 0.224. The first-order chi connectivity index (χ1) is 9.60. The van der Waals surface area contributed by atoms with Crippen molar-refractivity contribution < 1.29 is 0 Å². The van der Waals surface area contributed by atoms with E-state index >= 15 is 0 Å². The van der Waals surface area contributed by atoms with Crippen LogP contribution >= 0.6 is 0 Å². The summed E-state index contributed by atoms with van der Waals surface area (Å²) in [5.74, 6) is 1.39. The quantitative estimate of drug-likeness (QED) is 0.904. The monoisotopic (exact) mass is 269 g/mol. The number of rotatable bonds is 5. The van der Waals surface area contributed by atoms with Gasteiger partial charge in [0.1, 0.15) is 5.82 Å². The van der Waals surface area contributed by atoms with Crippen LogP contribution in [0.25, 0.3) is 0 Å². The Morgan fingerprint density at radius 2 is 1.80 bits per heavy atom. The highest BCUT2D eigenvalue weighted by Gasteiger charge is 2.12. The Morgan fingerprint density at radius 1 is 1.10 bits per heavy atom. The Balaban J connectivity index is 2.14. The minimum Gasteiger partial charge on any atom is -0.311 e. The summed E-state index contributed by atoms with van der Waals surface area (Å²) in [5.41, 5.74) is 3.76. The van der Waals surface area contributed by atoms with Crippen molar-refractivity contribution in [2.24, 2.45) is 0 Å². The molecule has 2 rings (SSSR count). The summed E-state index contributed by atoms with van der Waals surface area (Å²) in [6.45, 7) is 6.36.